The van der Waals surface area contributed by atoms with Gasteiger partial charge in [0.25, 0.3) is 0 Å². The van der Waals surface area contributed by atoms with Crippen molar-refractivity contribution in [2.45, 2.75) is 69.7 Å². The second kappa shape index (κ2) is 10.7. The fourth-order valence-electron chi connectivity index (χ4n) is 5.35. The van der Waals surface area contributed by atoms with Crippen LogP contribution < -0.4 is 20.1 Å². The number of hydrogen-bond acceptors (Lipinski definition) is 4. The average Bonchev–Trinajstić information content (AvgIpc) is 3.23. The average molecular weight is 569 g/mol. The van der Waals surface area contributed by atoms with Crippen molar-refractivity contribution >= 4 is 35.8 Å². The molecule has 7 nitrogen and oxygen atoms in total. The van der Waals surface area contributed by atoms with Crippen LogP contribution in [0.5, 0.6) is 11.5 Å². The van der Waals surface area contributed by atoms with Crippen molar-refractivity contribution in [1.82, 2.24) is 15.5 Å². The van der Waals surface area contributed by atoms with E-state index in [1.807, 2.05) is 6.07 Å². The quantitative estimate of drug-likeness (QED) is 0.310. The van der Waals surface area contributed by atoms with Crippen LogP contribution in [-0.4, -0.2) is 55.8 Å². The fourth-order valence-corrected chi connectivity index (χ4v) is 5.35. The number of benzene rings is 1. The van der Waals surface area contributed by atoms with Crippen molar-refractivity contribution in [1.29, 1.82) is 0 Å². The van der Waals surface area contributed by atoms with Crippen molar-refractivity contribution in [2.24, 2.45) is 10.9 Å². The Morgan fingerprint density at radius 1 is 1.15 bits per heavy atom. The molecule has 0 aromatic heterocycles. The zero-order chi connectivity index (χ0) is 22.0. The summed E-state index contributed by atoms with van der Waals surface area (Å²) in [4.78, 5) is 19.9. The Labute approximate surface area is 214 Å². The molecule has 0 radical (unpaired) electrons. The number of rotatable bonds is 6. The van der Waals surface area contributed by atoms with Crippen molar-refractivity contribution in [3.63, 3.8) is 0 Å². The predicted molar refractivity (Wildman–Crippen MR) is 140 cm³/mol. The minimum absolute atomic E-state index is 0. The van der Waals surface area contributed by atoms with Crippen LogP contribution >= 0.6 is 24.0 Å². The molecule has 0 spiro atoms. The third-order valence-corrected chi connectivity index (χ3v) is 7.52. The maximum absolute atomic E-state index is 12.9. The second-order valence-corrected chi connectivity index (χ2v) is 9.79. The summed E-state index contributed by atoms with van der Waals surface area (Å²) in [7, 11) is 0. The summed E-state index contributed by atoms with van der Waals surface area (Å²) in [6.45, 7) is 5.61. The lowest BCUT2D eigenvalue weighted by atomic mass is 9.88. The van der Waals surface area contributed by atoms with Crippen LogP contribution in [0.15, 0.2) is 23.2 Å². The number of halogens is 1. The van der Waals surface area contributed by atoms with Gasteiger partial charge in [0.15, 0.2) is 17.5 Å². The first kappa shape index (κ1) is 24.4. The molecule has 1 aromatic rings. The number of guanidine groups is 1. The van der Waals surface area contributed by atoms with E-state index in [0.717, 1.165) is 75.7 Å². The van der Waals surface area contributed by atoms with E-state index in [0.29, 0.717) is 12.7 Å². The highest BCUT2D eigenvalue weighted by Gasteiger charge is 2.45. The van der Waals surface area contributed by atoms with Crippen LogP contribution in [0.1, 0.15) is 63.9 Å². The SMILES string of the molecule is CCNC(=NCC1(c2ccc3c(c2)OCO3)CC1)NC1CCN(C(=O)C2CCCCC2)C1.I. The van der Waals surface area contributed by atoms with Crippen molar-refractivity contribution in [3.05, 3.63) is 23.8 Å². The van der Waals surface area contributed by atoms with Gasteiger partial charge in [-0.25, -0.2) is 0 Å². The Morgan fingerprint density at radius 2 is 1.94 bits per heavy atom. The highest BCUT2D eigenvalue weighted by atomic mass is 127. The van der Waals surface area contributed by atoms with Crippen molar-refractivity contribution in [2.75, 3.05) is 33.0 Å². The van der Waals surface area contributed by atoms with Gasteiger partial charge in [0.1, 0.15) is 0 Å². The Kier molecular flexibility index (Phi) is 7.91. The summed E-state index contributed by atoms with van der Waals surface area (Å²) >= 11 is 0. The Hall–Kier alpha value is -1.71. The first-order valence-corrected chi connectivity index (χ1v) is 12.4. The lowest BCUT2D eigenvalue weighted by Gasteiger charge is -2.26. The largest absolute Gasteiger partial charge is 0.454 e. The summed E-state index contributed by atoms with van der Waals surface area (Å²) in [6, 6.07) is 6.56. The Bertz CT molecular complexity index is 867. The van der Waals surface area contributed by atoms with E-state index in [-0.39, 0.29) is 41.4 Å². The Morgan fingerprint density at radius 3 is 2.70 bits per heavy atom. The third kappa shape index (κ3) is 5.52. The molecule has 5 rings (SSSR count). The van der Waals surface area contributed by atoms with Gasteiger partial charge in [0, 0.05) is 37.0 Å². The van der Waals surface area contributed by atoms with Crippen molar-refractivity contribution in [3.8, 4) is 11.5 Å². The van der Waals surface area contributed by atoms with Crippen LogP contribution in [-0.2, 0) is 10.2 Å². The molecule has 33 heavy (non-hydrogen) atoms. The highest BCUT2D eigenvalue weighted by Crippen LogP contribution is 2.50. The molecule has 1 aromatic carbocycles. The maximum Gasteiger partial charge on any atom is 0.231 e. The van der Waals surface area contributed by atoms with Gasteiger partial charge in [-0.2, -0.15) is 0 Å². The maximum atomic E-state index is 12.9. The van der Waals surface area contributed by atoms with Gasteiger partial charge < -0.3 is 25.0 Å². The number of likely N-dealkylation sites (tertiary alicyclic amines) is 1. The van der Waals surface area contributed by atoms with Crippen LogP contribution in [0.4, 0.5) is 0 Å². The topological polar surface area (TPSA) is 75.2 Å². The van der Waals surface area contributed by atoms with Gasteiger partial charge >= 0.3 is 0 Å². The molecule has 3 fully saturated rings. The van der Waals surface area contributed by atoms with Gasteiger partial charge in [0.05, 0.1) is 6.54 Å². The molecule has 2 saturated carbocycles. The molecule has 2 aliphatic heterocycles. The second-order valence-electron chi connectivity index (χ2n) is 9.79. The van der Waals surface area contributed by atoms with Crippen LogP contribution in [0.2, 0.25) is 0 Å². The molecule has 182 valence electrons. The Balaban J connectivity index is 0.00000259. The number of nitrogens with one attached hydrogen (secondary N) is 2. The van der Waals surface area contributed by atoms with Gasteiger partial charge in [0.2, 0.25) is 12.7 Å². The molecule has 1 amide bonds. The van der Waals surface area contributed by atoms with E-state index in [2.05, 4.69) is 34.6 Å². The summed E-state index contributed by atoms with van der Waals surface area (Å²) < 4.78 is 11.0. The number of aliphatic imine (C=N–C) groups is 1. The molecule has 2 N–H and O–H groups in total. The number of fused-ring (bicyclic) bond motifs is 1. The molecule has 1 saturated heterocycles. The third-order valence-electron chi connectivity index (χ3n) is 7.52. The van der Waals surface area contributed by atoms with E-state index in [9.17, 15) is 4.79 Å². The highest BCUT2D eigenvalue weighted by molar-refractivity contribution is 14.0. The summed E-state index contributed by atoms with van der Waals surface area (Å²) in [5.74, 6) is 3.15. The molecular formula is C25H37IN4O3. The molecular weight excluding hydrogens is 531 g/mol. The normalized spacial score (nSPS) is 23.7. The standard InChI is InChI=1S/C25H36N4O3.HI/c1-2-26-24(28-20-10-13-29(15-20)23(30)18-6-4-3-5-7-18)27-16-25(11-12-25)19-8-9-21-22(14-19)32-17-31-21;/h8-9,14,18,20H,2-7,10-13,15-17H2,1H3,(H2,26,27,28);1H. The molecule has 8 heteroatoms. The molecule has 4 aliphatic rings. The monoisotopic (exact) mass is 568 g/mol. The van der Waals surface area contributed by atoms with Crippen LogP contribution in [0.3, 0.4) is 0 Å². The minimum Gasteiger partial charge on any atom is -0.454 e. The van der Waals surface area contributed by atoms with Gasteiger partial charge in [-0.3, -0.25) is 9.79 Å². The zero-order valence-corrected chi connectivity index (χ0v) is 21.9. The molecule has 2 heterocycles. The van der Waals surface area contributed by atoms with Gasteiger partial charge in [-0.1, -0.05) is 25.3 Å². The summed E-state index contributed by atoms with van der Waals surface area (Å²) in [5, 5.41) is 7.00. The smallest absolute Gasteiger partial charge is 0.231 e. The molecule has 2 aliphatic carbocycles. The van der Waals surface area contributed by atoms with E-state index in [1.165, 1.54) is 24.8 Å². The van der Waals surface area contributed by atoms with E-state index >= 15 is 0 Å². The van der Waals surface area contributed by atoms with E-state index in [4.69, 9.17) is 14.5 Å². The fraction of sp³-hybridized carbons (Fsp3) is 0.680. The number of carbonyl (C=O) groups is 1. The predicted octanol–water partition coefficient (Wildman–Crippen LogP) is 3.80. The summed E-state index contributed by atoms with van der Waals surface area (Å²) in [5.41, 5.74) is 1.38. The van der Waals surface area contributed by atoms with Crippen LogP contribution in [0.25, 0.3) is 0 Å². The molecule has 1 atom stereocenters. The lowest BCUT2D eigenvalue weighted by molar-refractivity contribution is -0.135. The minimum atomic E-state index is 0. The lowest BCUT2D eigenvalue weighted by Crippen LogP contribution is -2.46. The molecule has 0 bridgehead atoms. The van der Waals surface area contributed by atoms with Crippen molar-refractivity contribution < 1.29 is 14.3 Å². The number of carbonyl (C=O) groups excluding carboxylic acids is 1. The number of ether oxygens (including phenoxy) is 2. The number of hydrogen-bond donors (Lipinski definition) is 2. The van der Waals surface area contributed by atoms with Gasteiger partial charge in [-0.05, 0) is 56.7 Å². The van der Waals surface area contributed by atoms with Gasteiger partial charge in [-0.15, -0.1) is 24.0 Å². The van der Waals surface area contributed by atoms with E-state index in [1.54, 1.807) is 0 Å². The number of nitrogens with zero attached hydrogens (tertiary/aromatic N) is 2. The first-order valence-electron chi connectivity index (χ1n) is 12.4. The first-order chi connectivity index (χ1) is 15.7. The number of amides is 1. The summed E-state index contributed by atoms with van der Waals surface area (Å²) in [6.07, 6.45) is 9.09. The van der Waals surface area contributed by atoms with Crippen LogP contribution in [0, 0.1) is 5.92 Å². The van der Waals surface area contributed by atoms with E-state index < -0.39 is 0 Å². The zero-order valence-electron chi connectivity index (χ0n) is 19.6. The molecule has 1 unspecified atom stereocenters.